The third kappa shape index (κ3) is 2.22. The Kier molecular flexibility index (Phi) is 4.10. The first-order chi connectivity index (χ1) is 15.6. The highest BCUT2D eigenvalue weighted by molar-refractivity contribution is 6.23. The Morgan fingerprint density at radius 1 is 0.812 bits per heavy atom. The number of ether oxygens (including phenoxy) is 1. The van der Waals surface area contributed by atoms with Crippen LogP contribution >= 0.6 is 0 Å². The average Bonchev–Trinajstić information content (AvgIpc) is 3.11. The van der Waals surface area contributed by atoms with Crippen LogP contribution < -0.4 is 9.64 Å². The smallest absolute Gasteiger partial charge is 0.238 e. The van der Waals surface area contributed by atoms with E-state index in [1.807, 2.05) is 43.3 Å². The van der Waals surface area contributed by atoms with Gasteiger partial charge in [-0.15, -0.1) is 0 Å². The van der Waals surface area contributed by atoms with Crippen LogP contribution in [-0.2, 0) is 15.0 Å². The van der Waals surface area contributed by atoms with Gasteiger partial charge in [0.15, 0.2) is 0 Å². The quantitative estimate of drug-likeness (QED) is 0.552. The van der Waals surface area contributed by atoms with Gasteiger partial charge in [0.1, 0.15) is 5.75 Å². The second-order valence-corrected chi connectivity index (χ2v) is 8.92. The van der Waals surface area contributed by atoms with Crippen molar-refractivity contribution in [2.24, 2.45) is 11.8 Å². The molecule has 0 saturated carbocycles. The summed E-state index contributed by atoms with van der Waals surface area (Å²) >= 11 is 0. The van der Waals surface area contributed by atoms with Gasteiger partial charge in [0, 0.05) is 11.3 Å². The molecule has 2 bridgehead atoms. The number of rotatable bonds is 4. The molecule has 160 valence electrons. The van der Waals surface area contributed by atoms with Crippen LogP contribution in [0.3, 0.4) is 0 Å². The van der Waals surface area contributed by atoms with Crippen LogP contribution in [0.25, 0.3) is 0 Å². The topological polar surface area (TPSA) is 46.6 Å². The summed E-state index contributed by atoms with van der Waals surface area (Å²) in [5.41, 5.74) is 4.95. The highest BCUT2D eigenvalue weighted by Crippen LogP contribution is 2.65. The third-order valence-corrected chi connectivity index (χ3v) is 7.76. The summed E-state index contributed by atoms with van der Waals surface area (Å²) < 4.78 is 5.55. The Morgan fingerprint density at radius 3 is 1.97 bits per heavy atom. The number of anilines is 1. The van der Waals surface area contributed by atoms with Crippen LogP contribution in [0, 0.1) is 11.8 Å². The van der Waals surface area contributed by atoms with Crippen LogP contribution in [0.15, 0.2) is 72.8 Å². The molecule has 0 spiro atoms. The number of benzene rings is 3. The monoisotopic (exact) mass is 423 g/mol. The first-order valence-corrected chi connectivity index (χ1v) is 11.4. The summed E-state index contributed by atoms with van der Waals surface area (Å²) in [4.78, 5) is 29.3. The summed E-state index contributed by atoms with van der Waals surface area (Å²) in [7, 11) is 0. The van der Waals surface area contributed by atoms with Crippen LogP contribution in [0.2, 0.25) is 0 Å². The van der Waals surface area contributed by atoms with Crippen molar-refractivity contribution in [3.8, 4) is 5.75 Å². The zero-order valence-electron chi connectivity index (χ0n) is 18.2. The SMILES string of the molecule is CCOc1ccc(N2C(=O)[C@H]3C4c5ccccc5C(CC)(c5ccccc54)[C@H]3C2=O)cc1. The maximum Gasteiger partial charge on any atom is 0.238 e. The standard InChI is InChI=1S/C28H25NO3/c1-3-28-21-11-7-5-9-19(21)23(20-10-6-8-12-22(20)28)24-25(28)27(31)29(26(24)30)17-13-15-18(16-14-17)32-4-2/h5-16,23-25H,3-4H2,1-2H3/t23?,24-,25+,28?/m0/s1. The van der Waals surface area contributed by atoms with Gasteiger partial charge >= 0.3 is 0 Å². The lowest BCUT2D eigenvalue weighted by molar-refractivity contribution is -0.123. The zero-order valence-corrected chi connectivity index (χ0v) is 18.2. The van der Waals surface area contributed by atoms with Gasteiger partial charge in [-0.1, -0.05) is 55.5 Å². The first kappa shape index (κ1) is 19.3. The van der Waals surface area contributed by atoms with Gasteiger partial charge in [-0.05, 0) is 59.9 Å². The van der Waals surface area contributed by atoms with E-state index >= 15 is 0 Å². The van der Waals surface area contributed by atoms with E-state index in [0.717, 1.165) is 12.2 Å². The zero-order chi connectivity index (χ0) is 22.0. The molecule has 3 aromatic rings. The Hall–Kier alpha value is -3.40. The van der Waals surface area contributed by atoms with Gasteiger partial charge in [0.2, 0.25) is 11.8 Å². The number of hydrogen-bond acceptors (Lipinski definition) is 3. The van der Waals surface area contributed by atoms with Crippen LogP contribution in [0.1, 0.15) is 48.4 Å². The molecule has 4 nitrogen and oxygen atoms in total. The summed E-state index contributed by atoms with van der Waals surface area (Å²) in [6.07, 6.45) is 0.769. The van der Waals surface area contributed by atoms with E-state index in [1.165, 1.54) is 27.2 Å². The molecule has 7 rings (SSSR count). The van der Waals surface area contributed by atoms with Crippen molar-refractivity contribution in [3.05, 3.63) is 95.1 Å². The van der Waals surface area contributed by atoms with Crippen LogP contribution in [0.5, 0.6) is 5.75 Å². The van der Waals surface area contributed by atoms with Crippen LogP contribution in [0.4, 0.5) is 5.69 Å². The molecule has 0 aromatic heterocycles. The number of carbonyl (C=O) groups is 2. The van der Waals surface area contributed by atoms with Crippen molar-refractivity contribution in [1.29, 1.82) is 0 Å². The molecular formula is C28H25NO3. The van der Waals surface area contributed by atoms with Gasteiger partial charge in [-0.3, -0.25) is 9.59 Å². The van der Waals surface area contributed by atoms with E-state index in [0.29, 0.717) is 12.3 Å². The van der Waals surface area contributed by atoms with E-state index in [-0.39, 0.29) is 29.6 Å². The van der Waals surface area contributed by atoms with Crippen LogP contribution in [-0.4, -0.2) is 18.4 Å². The predicted octanol–water partition coefficient (Wildman–Crippen LogP) is 5.05. The summed E-state index contributed by atoms with van der Waals surface area (Å²) in [6.45, 7) is 4.65. The fourth-order valence-electron chi connectivity index (χ4n) is 6.64. The molecule has 0 N–H and O–H groups in total. The second kappa shape index (κ2) is 6.80. The molecule has 2 amide bonds. The third-order valence-electron chi connectivity index (χ3n) is 7.76. The highest BCUT2D eigenvalue weighted by atomic mass is 16.5. The maximum absolute atomic E-state index is 14.0. The molecule has 1 aliphatic heterocycles. The average molecular weight is 424 g/mol. The van der Waals surface area contributed by atoms with E-state index in [9.17, 15) is 9.59 Å². The minimum Gasteiger partial charge on any atom is -0.494 e. The van der Waals surface area contributed by atoms with Crippen molar-refractivity contribution in [3.63, 3.8) is 0 Å². The molecule has 4 aliphatic rings. The van der Waals surface area contributed by atoms with E-state index in [1.54, 1.807) is 0 Å². The van der Waals surface area contributed by atoms with E-state index in [2.05, 4.69) is 43.3 Å². The molecule has 4 heteroatoms. The molecular weight excluding hydrogens is 398 g/mol. The lowest BCUT2D eigenvalue weighted by atomic mass is 9.46. The van der Waals surface area contributed by atoms with Crippen molar-refractivity contribution < 1.29 is 14.3 Å². The number of amides is 2. The number of nitrogens with zero attached hydrogens (tertiary/aromatic N) is 1. The van der Waals surface area contributed by atoms with Gasteiger partial charge in [-0.25, -0.2) is 4.90 Å². The summed E-state index contributed by atoms with van der Waals surface area (Å²) in [5, 5.41) is 0. The molecule has 3 aromatic carbocycles. The normalized spacial score (nSPS) is 27.2. The van der Waals surface area contributed by atoms with Gasteiger partial charge in [0.05, 0.1) is 24.1 Å². The summed E-state index contributed by atoms with van der Waals surface area (Å²) in [5.74, 6) is -0.293. The largest absolute Gasteiger partial charge is 0.494 e. The summed E-state index contributed by atoms with van der Waals surface area (Å²) in [6, 6.07) is 24.1. The number of carbonyl (C=O) groups excluding carboxylic acids is 2. The van der Waals surface area contributed by atoms with Crippen molar-refractivity contribution >= 4 is 17.5 Å². The van der Waals surface area contributed by atoms with Gasteiger partial charge < -0.3 is 4.74 Å². The maximum atomic E-state index is 14.0. The molecule has 2 atom stereocenters. The minimum absolute atomic E-state index is 0.0833. The van der Waals surface area contributed by atoms with Crippen molar-refractivity contribution in [2.75, 3.05) is 11.5 Å². The van der Waals surface area contributed by atoms with E-state index in [4.69, 9.17) is 4.74 Å². The fraction of sp³-hybridized carbons (Fsp3) is 0.286. The molecule has 0 unspecified atom stereocenters. The molecule has 1 fully saturated rings. The Bertz CT molecular complexity index is 1200. The Morgan fingerprint density at radius 2 is 1.41 bits per heavy atom. The Labute approximate surface area is 187 Å². The molecule has 1 saturated heterocycles. The molecule has 0 radical (unpaired) electrons. The number of imide groups is 1. The highest BCUT2D eigenvalue weighted by Gasteiger charge is 2.67. The van der Waals surface area contributed by atoms with Gasteiger partial charge in [0.25, 0.3) is 0 Å². The van der Waals surface area contributed by atoms with Gasteiger partial charge in [-0.2, -0.15) is 0 Å². The number of hydrogen-bond donors (Lipinski definition) is 0. The first-order valence-electron chi connectivity index (χ1n) is 11.4. The van der Waals surface area contributed by atoms with E-state index < -0.39 is 5.41 Å². The predicted molar refractivity (Wildman–Crippen MR) is 123 cm³/mol. The fourth-order valence-corrected chi connectivity index (χ4v) is 6.64. The molecule has 1 heterocycles. The second-order valence-electron chi connectivity index (χ2n) is 8.92. The lowest BCUT2D eigenvalue weighted by Crippen LogP contribution is -2.53. The Balaban J connectivity index is 1.55. The lowest BCUT2D eigenvalue weighted by Gasteiger charge is -2.54. The van der Waals surface area contributed by atoms with Crippen molar-refractivity contribution in [2.45, 2.75) is 31.6 Å². The van der Waals surface area contributed by atoms with Crippen molar-refractivity contribution in [1.82, 2.24) is 0 Å². The molecule has 3 aliphatic carbocycles. The minimum atomic E-state index is -0.487. The molecule has 32 heavy (non-hydrogen) atoms.